The average Bonchev–Trinajstić information content (AvgIpc) is 2.88. The number of hydrogen-bond donors (Lipinski definition) is 0. The third kappa shape index (κ3) is 5.04. The number of rotatable bonds is 2. The van der Waals surface area contributed by atoms with Gasteiger partial charge in [-0.15, -0.1) is 22.7 Å². The lowest BCUT2D eigenvalue weighted by atomic mass is 10.2. The second-order valence-corrected chi connectivity index (χ2v) is 8.14. The summed E-state index contributed by atoms with van der Waals surface area (Å²) in [5, 5.41) is 2.12. The maximum Gasteiger partial charge on any atom is 0.0942 e. The molecule has 0 radical (unpaired) electrons. The molecule has 18 heavy (non-hydrogen) atoms. The van der Waals surface area contributed by atoms with Crippen LogP contribution >= 0.6 is 50.2 Å². The molecule has 0 fully saturated rings. The van der Waals surface area contributed by atoms with Gasteiger partial charge in [-0.1, -0.05) is 45.4 Å². The minimum Gasteiger partial charge on any atom is -0.149 e. The molecule has 0 aromatic carbocycles. The lowest BCUT2D eigenvalue weighted by Crippen LogP contribution is -1.80. The fraction of sp³-hybridized carbons (Fsp3) is 0.429. The highest BCUT2D eigenvalue weighted by molar-refractivity contribution is 9.10. The Morgan fingerprint density at radius 1 is 1.17 bits per heavy atom. The molecule has 4 heteroatoms. The lowest BCUT2D eigenvalue weighted by Gasteiger charge is -1.99. The Morgan fingerprint density at radius 2 is 1.83 bits per heavy atom. The highest BCUT2D eigenvalue weighted by atomic mass is 79.9. The van der Waals surface area contributed by atoms with Gasteiger partial charge in [0.25, 0.3) is 0 Å². The van der Waals surface area contributed by atoms with Gasteiger partial charge in [-0.25, -0.2) is 0 Å². The first kappa shape index (κ1) is 16.2. The summed E-state index contributed by atoms with van der Waals surface area (Å²) in [5.74, 6) is 1.27. The van der Waals surface area contributed by atoms with Crippen LogP contribution in [0.3, 0.4) is 0 Å². The zero-order valence-corrected chi connectivity index (χ0v) is 15.0. The molecule has 0 spiro atoms. The van der Waals surface area contributed by atoms with Crippen molar-refractivity contribution in [1.29, 1.82) is 0 Å². The van der Waals surface area contributed by atoms with E-state index < -0.39 is 0 Å². The van der Waals surface area contributed by atoms with E-state index in [0.29, 0.717) is 11.8 Å². The first-order chi connectivity index (χ1) is 8.41. The summed E-state index contributed by atoms with van der Waals surface area (Å²) in [6.07, 6.45) is 0. The van der Waals surface area contributed by atoms with E-state index in [1.54, 1.807) is 11.3 Å². The van der Waals surface area contributed by atoms with Gasteiger partial charge in [-0.3, -0.25) is 0 Å². The minimum atomic E-state index is 0.562. The number of thiophene rings is 2. The van der Waals surface area contributed by atoms with Gasteiger partial charge < -0.3 is 0 Å². The topological polar surface area (TPSA) is 0 Å². The van der Waals surface area contributed by atoms with Crippen molar-refractivity contribution in [3.63, 3.8) is 0 Å². The standard InChI is InChI=1S/C7H8BrClS.C7H10S/c1-4(2)7-5(8)3-6(9)10-7;1-6(2)7-4-3-5-8-7/h3-4H,1-2H3;3-6H,1-2H3. The maximum atomic E-state index is 5.80. The van der Waals surface area contributed by atoms with Gasteiger partial charge in [0, 0.05) is 14.2 Å². The summed E-state index contributed by atoms with van der Waals surface area (Å²) in [5.41, 5.74) is 0. The Labute approximate surface area is 131 Å². The van der Waals surface area contributed by atoms with E-state index in [1.165, 1.54) is 9.75 Å². The largest absolute Gasteiger partial charge is 0.149 e. The monoisotopic (exact) mass is 364 g/mol. The first-order valence-electron chi connectivity index (χ1n) is 5.90. The van der Waals surface area contributed by atoms with Crippen molar-refractivity contribution in [3.8, 4) is 0 Å². The summed E-state index contributed by atoms with van der Waals surface area (Å²) in [6, 6.07) is 6.22. The molecule has 2 heterocycles. The van der Waals surface area contributed by atoms with Crippen LogP contribution in [0.4, 0.5) is 0 Å². The molecule has 2 aromatic rings. The Hall–Kier alpha value is 0.170. The van der Waals surface area contributed by atoms with Crippen LogP contribution < -0.4 is 0 Å². The third-order valence-corrected chi connectivity index (χ3v) is 5.98. The number of hydrogen-bond acceptors (Lipinski definition) is 2. The van der Waals surface area contributed by atoms with Gasteiger partial charge in [0.15, 0.2) is 0 Å². The van der Waals surface area contributed by atoms with Crippen molar-refractivity contribution in [3.05, 3.63) is 42.1 Å². The van der Waals surface area contributed by atoms with Gasteiger partial charge in [0.05, 0.1) is 4.34 Å². The minimum absolute atomic E-state index is 0.562. The molecule has 2 rings (SSSR count). The van der Waals surface area contributed by atoms with E-state index >= 15 is 0 Å². The maximum absolute atomic E-state index is 5.80. The lowest BCUT2D eigenvalue weighted by molar-refractivity contribution is 0.885. The van der Waals surface area contributed by atoms with Crippen LogP contribution in [-0.4, -0.2) is 0 Å². The van der Waals surface area contributed by atoms with Gasteiger partial charge in [0.1, 0.15) is 0 Å². The quantitative estimate of drug-likeness (QED) is 0.529. The van der Waals surface area contributed by atoms with Crippen LogP contribution in [0.5, 0.6) is 0 Å². The molecule has 0 aliphatic heterocycles. The Balaban J connectivity index is 0.000000184. The Morgan fingerprint density at radius 3 is 2.06 bits per heavy atom. The molecule has 0 unspecified atom stereocenters. The molecular formula is C14H18BrClS2. The number of halogens is 2. The third-order valence-electron chi connectivity index (χ3n) is 2.32. The molecule has 0 aliphatic rings. The van der Waals surface area contributed by atoms with Gasteiger partial charge in [-0.05, 0) is 45.3 Å². The molecule has 0 N–H and O–H groups in total. The van der Waals surface area contributed by atoms with Crippen molar-refractivity contribution in [2.75, 3.05) is 0 Å². The van der Waals surface area contributed by atoms with Crippen molar-refractivity contribution >= 4 is 50.2 Å². The van der Waals surface area contributed by atoms with Crippen molar-refractivity contribution < 1.29 is 0 Å². The molecule has 0 nitrogen and oxygen atoms in total. The molecule has 0 amide bonds. The van der Waals surface area contributed by atoms with E-state index in [-0.39, 0.29) is 0 Å². The van der Waals surface area contributed by atoms with Gasteiger partial charge in [0.2, 0.25) is 0 Å². The van der Waals surface area contributed by atoms with E-state index in [1.807, 2.05) is 17.4 Å². The fourth-order valence-corrected chi connectivity index (χ4v) is 4.46. The van der Waals surface area contributed by atoms with Crippen LogP contribution in [0.15, 0.2) is 28.1 Å². The van der Waals surface area contributed by atoms with Crippen molar-refractivity contribution in [1.82, 2.24) is 0 Å². The predicted molar refractivity (Wildman–Crippen MR) is 89.5 cm³/mol. The summed E-state index contributed by atoms with van der Waals surface area (Å²) in [4.78, 5) is 2.80. The second-order valence-electron chi connectivity index (χ2n) is 4.59. The first-order valence-corrected chi connectivity index (χ1v) is 8.76. The normalized spacial score (nSPS) is 10.7. The fourth-order valence-electron chi connectivity index (χ4n) is 1.37. The molecular weight excluding hydrogens is 348 g/mol. The molecule has 0 aliphatic carbocycles. The molecule has 0 saturated carbocycles. The van der Waals surface area contributed by atoms with Crippen molar-refractivity contribution in [2.24, 2.45) is 0 Å². The Bertz CT molecular complexity index is 458. The molecule has 0 atom stereocenters. The smallest absolute Gasteiger partial charge is 0.0942 e. The van der Waals surface area contributed by atoms with Crippen molar-refractivity contribution in [2.45, 2.75) is 39.5 Å². The summed E-state index contributed by atoms with van der Waals surface area (Å²) < 4.78 is 1.99. The zero-order chi connectivity index (χ0) is 13.7. The summed E-state index contributed by atoms with van der Waals surface area (Å²) in [6.45, 7) is 8.75. The highest BCUT2D eigenvalue weighted by Crippen LogP contribution is 2.35. The van der Waals surface area contributed by atoms with E-state index in [0.717, 1.165) is 8.81 Å². The zero-order valence-electron chi connectivity index (χ0n) is 11.0. The molecule has 100 valence electrons. The Kier molecular flexibility index (Phi) is 6.93. The van der Waals surface area contributed by atoms with Gasteiger partial charge >= 0.3 is 0 Å². The van der Waals surface area contributed by atoms with E-state index in [2.05, 4.69) is 61.1 Å². The second kappa shape index (κ2) is 7.68. The van der Waals surface area contributed by atoms with E-state index in [4.69, 9.17) is 11.6 Å². The average molecular weight is 366 g/mol. The van der Waals surface area contributed by atoms with Crippen LogP contribution in [0, 0.1) is 0 Å². The summed E-state index contributed by atoms with van der Waals surface area (Å²) >= 11 is 12.7. The predicted octanol–water partition coefficient (Wildman–Crippen LogP) is 7.16. The van der Waals surface area contributed by atoms with Crippen LogP contribution in [-0.2, 0) is 0 Å². The molecule has 0 saturated heterocycles. The van der Waals surface area contributed by atoms with Crippen LogP contribution in [0.1, 0.15) is 49.3 Å². The van der Waals surface area contributed by atoms with Crippen LogP contribution in [0.2, 0.25) is 4.34 Å². The summed E-state index contributed by atoms with van der Waals surface area (Å²) in [7, 11) is 0. The van der Waals surface area contributed by atoms with Crippen LogP contribution in [0.25, 0.3) is 0 Å². The SMILES string of the molecule is CC(C)c1cccs1.CC(C)c1sc(Cl)cc1Br. The molecule has 0 bridgehead atoms. The van der Waals surface area contributed by atoms with Gasteiger partial charge in [-0.2, -0.15) is 0 Å². The van der Waals surface area contributed by atoms with E-state index in [9.17, 15) is 0 Å². The molecule has 2 aromatic heterocycles. The highest BCUT2D eigenvalue weighted by Gasteiger charge is 2.07.